The van der Waals surface area contributed by atoms with Gasteiger partial charge in [-0.25, -0.2) is 0 Å². The van der Waals surface area contributed by atoms with Crippen LogP contribution in [0.5, 0.6) is 5.75 Å². The molecular formula is C17H20N2O2. The summed E-state index contributed by atoms with van der Waals surface area (Å²) < 4.78 is 0. The number of primary amides is 1. The molecule has 0 spiro atoms. The Labute approximate surface area is 124 Å². The van der Waals surface area contributed by atoms with Crippen LogP contribution in [-0.2, 0) is 11.2 Å². The predicted octanol–water partition coefficient (Wildman–Crippen LogP) is 2.98. The van der Waals surface area contributed by atoms with E-state index < -0.39 is 0 Å². The normalized spacial score (nSPS) is 11.9. The van der Waals surface area contributed by atoms with Crippen LogP contribution in [0.15, 0.2) is 48.5 Å². The Hall–Kier alpha value is -2.49. The van der Waals surface area contributed by atoms with Crippen LogP contribution in [0.2, 0.25) is 0 Å². The van der Waals surface area contributed by atoms with Gasteiger partial charge in [0.25, 0.3) is 0 Å². The zero-order chi connectivity index (χ0) is 15.2. The van der Waals surface area contributed by atoms with Crippen molar-refractivity contribution >= 4 is 11.6 Å². The van der Waals surface area contributed by atoms with Crippen molar-refractivity contribution in [1.29, 1.82) is 0 Å². The van der Waals surface area contributed by atoms with Crippen molar-refractivity contribution in [1.82, 2.24) is 0 Å². The number of nitrogens with two attached hydrogens (primary N) is 1. The van der Waals surface area contributed by atoms with Crippen molar-refractivity contribution in [2.45, 2.75) is 25.8 Å². The van der Waals surface area contributed by atoms with Gasteiger partial charge in [0, 0.05) is 11.3 Å². The van der Waals surface area contributed by atoms with Crippen LogP contribution >= 0.6 is 0 Å². The Kier molecular flexibility index (Phi) is 4.82. The van der Waals surface area contributed by atoms with E-state index in [4.69, 9.17) is 5.73 Å². The fourth-order valence-corrected chi connectivity index (χ4v) is 2.30. The van der Waals surface area contributed by atoms with Crippen molar-refractivity contribution in [3.8, 4) is 5.75 Å². The second-order valence-corrected chi connectivity index (χ2v) is 5.00. The van der Waals surface area contributed by atoms with Crippen LogP contribution in [0.25, 0.3) is 0 Å². The molecule has 0 aliphatic rings. The molecule has 0 saturated heterocycles. The molecule has 0 aliphatic carbocycles. The lowest BCUT2D eigenvalue weighted by Gasteiger charge is -2.20. The van der Waals surface area contributed by atoms with Gasteiger partial charge in [-0.1, -0.05) is 37.3 Å². The maximum absolute atomic E-state index is 10.9. The Morgan fingerprint density at radius 3 is 2.43 bits per heavy atom. The molecule has 0 heterocycles. The standard InChI is InChI=1S/C17H20N2O2/c1-2-15(14-5-3-4-6-16(14)20)19-13-9-7-12(8-10-13)11-17(18)21/h3-10,15,19-20H,2,11H2,1H3,(H2,18,21). The van der Waals surface area contributed by atoms with Gasteiger partial charge in [0.1, 0.15) is 5.75 Å². The van der Waals surface area contributed by atoms with Gasteiger partial charge in [0.15, 0.2) is 0 Å². The lowest BCUT2D eigenvalue weighted by molar-refractivity contribution is -0.117. The van der Waals surface area contributed by atoms with E-state index in [9.17, 15) is 9.90 Å². The molecule has 0 bridgehead atoms. The number of hydrogen-bond donors (Lipinski definition) is 3. The number of carbonyl (C=O) groups excluding carboxylic acids is 1. The van der Waals surface area contributed by atoms with Crippen molar-refractivity contribution in [3.63, 3.8) is 0 Å². The van der Waals surface area contributed by atoms with E-state index in [1.807, 2.05) is 42.5 Å². The Morgan fingerprint density at radius 2 is 1.86 bits per heavy atom. The van der Waals surface area contributed by atoms with Gasteiger partial charge < -0.3 is 16.2 Å². The van der Waals surface area contributed by atoms with Crippen molar-refractivity contribution in [2.24, 2.45) is 5.73 Å². The van der Waals surface area contributed by atoms with E-state index in [1.165, 1.54) is 0 Å². The molecule has 4 nitrogen and oxygen atoms in total. The molecule has 1 atom stereocenters. The minimum Gasteiger partial charge on any atom is -0.508 e. The van der Waals surface area contributed by atoms with Crippen LogP contribution in [0.1, 0.15) is 30.5 Å². The van der Waals surface area contributed by atoms with Crippen LogP contribution in [0.3, 0.4) is 0 Å². The number of amides is 1. The SMILES string of the molecule is CCC(Nc1ccc(CC(N)=O)cc1)c1ccccc1O. The zero-order valence-electron chi connectivity index (χ0n) is 12.0. The van der Waals surface area contributed by atoms with E-state index in [2.05, 4.69) is 12.2 Å². The number of anilines is 1. The minimum absolute atomic E-state index is 0.0354. The number of aromatic hydroxyl groups is 1. The molecule has 2 rings (SSSR count). The third-order valence-electron chi connectivity index (χ3n) is 3.39. The fourth-order valence-electron chi connectivity index (χ4n) is 2.30. The number of hydrogen-bond acceptors (Lipinski definition) is 3. The maximum Gasteiger partial charge on any atom is 0.221 e. The molecule has 0 aliphatic heterocycles. The molecule has 1 unspecified atom stereocenters. The summed E-state index contributed by atoms with van der Waals surface area (Å²) in [5.41, 5.74) is 7.89. The summed E-state index contributed by atoms with van der Waals surface area (Å²) in [6.45, 7) is 2.06. The molecule has 21 heavy (non-hydrogen) atoms. The average molecular weight is 284 g/mol. The summed E-state index contributed by atoms with van der Waals surface area (Å²) in [6.07, 6.45) is 1.09. The third kappa shape index (κ3) is 3.99. The number of rotatable bonds is 6. The molecule has 2 aromatic rings. The van der Waals surface area contributed by atoms with Crippen LogP contribution in [0, 0.1) is 0 Å². The van der Waals surface area contributed by atoms with Crippen LogP contribution < -0.4 is 11.1 Å². The highest BCUT2D eigenvalue weighted by Crippen LogP contribution is 2.29. The smallest absolute Gasteiger partial charge is 0.221 e. The monoisotopic (exact) mass is 284 g/mol. The van der Waals surface area contributed by atoms with Crippen molar-refractivity contribution in [2.75, 3.05) is 5.32 Å². The zero-order valence-corrected chi connectivity index (χ0v) is 12.0. The number of para-hydroxylation sites is 1. The van der Waals surface area contributed by atoms with Crippen molar-refractivity contribution in [3.05, 3.63) is 59.7 Å². The second kappa shape index (κ2) is 6.79. The minimum atomic E-state index is -0.337. The highest BCUT2D eigenvalue weighted by molar-refractivity contribution is 5.76. The maximum atomic E-state index is 10.9. The van der Waals surface area contributed by atoms with Gasteiger partial charge in [-0.2, -0.15) is 0 Å². The number of phenolic OH excluding ortho intramolecular Hbond substituents is 1. The lowest BCUT2D eigenvalue weighted by Crippen LogP contribution is -2.13. The highest BCUT2D eigenvalue weighted by atomic mass is 16.3. The molecule has 0 aromatic heterocycles. The first-order chi connectivity index (χ1) is 10.1. The summed E-state index contributed by atoms with van der Waals surface area (Å²) in [5.74, 6) is -0.0430. The van der Waals surface area contributed by atoms with Crippen molar-refractivity contribution < 1.29 is 9.90 Å². The average Bonchev–Trinajstić information content (AvgIpc) is 2.47. The first kappa shape index (κ1) is 14.9. The number of benzene rings is 2. The van der Waals surface area contributed by atoms with E-state index in [0.717, 1.165) is 23.2 Å². The van der Waals surface area contributed by atoms with E-state index in [1.54, 1.807) is 6.07 Å². The van der Waals surface area contributed by atoms with E-state index in [0.29, 0.717) is 5.75 Å². The molecule has 0 fully saturated rings. The highest BCUT2D eigenvalue weighted by Gasteiger charge is 2.12. The topological polar surface area (TPSA) is 75.3 Å². The van der Waals surface area contributed by atoms with Gasteiger partial charge in [-0.15, -0.1) is 0 Å². The Balaban J connectivity index is 2.12. The van der Waals surface area contributed by atoms with Crippen LogP contribution in [-0.4, -0.2) is 11.0 Å². The van der Waals surface area contributed by atoms with Gasteiger partial charge in [0.05, 0.1) is 12.5 Å². The molecule has 4 heteroatoms. The van der Waals surface area contributed by atoms with Crippen LogP contribution in [0.4, 0.5) is 5.69 Å². The summed E-state index contributed by atoms with van der Waals surface area (Å²) in [6, 6.07) is 15.0. The summed E-state index contributed by atoms with van der Waals surface area (Å²) in [4.78, 5) is 10.9. The largest absolute Gasteiger partial charge is 0.508 e. The lowest BCUT2D eigenvalue weighted by atomic mass is 10.0. The van der Waals surface area contributed by atoms with E-state index in [-0.39, 0.29) is 18.4 Å². The molecule has 1 amide bonds. The third-order valence-corrected chi connectivity index (χ3v) is 3.39. The molecular weight excluding hydrogens is 264 g/mol. The first-order valence-corrected chi connectivity index (χ1v) is 7.01. The number of carbonyl (C=O) groups is 1. The van der Waals surface area contributed by atoms with Gasteiger partial charge >= 0.3 is 0 Å². The molecule has 2 aromatic carbocycles. The molecule has 0 radical (unpaired) electrons. The van der Waals surface area contributed by atoms with Gasteiger partial charge in [-0.3, -0.25) is 4.79 Å². The Bertz CT molecular complexity index is 608. The fraction of sp³-hybridized carbons (Fsp3) is 0.235. The number of nitrogens with one attached hydrogen (secondary N) is 1. The summed E-state index contributed by atoms with van der Waals surface area (Å²) >= 11 is 0. The second-order valence-electron chi connectivity index (χ2n) is 5.00. The molecule has 4 N–H and O–H groups in total. The molecule has 110 valence electrons. The molecule has 0 saturated carbocycles. The summed E-state index contributed by atoms with van der Waals surface area (Å²) in [7, 11) is 0. The van der Waals surface area contributed by atoms with E-state index >= 15 is 0 Å². The Morgan fingerprint density at radius 1 is 1.19 bits per heavy atom. The van der Waals surface area contributed by atoms with Gasteiger partial charge in [0.2, 0.25) is 5.91 Å². The first-order valence-electron chi connectivity index (χ1n) is 7.01. The number of phenols is 1. The predicted molar refractivity (Wildman–Crippen MR) is 84.1 cm³/mol. The quantitative estimate of drug-likeness (QED) is 0.763. The van der Waals surface area contributed by atoms with Gasteiger partial charge in [-0.05, 0) is 30.2 Å². The summed E-state index contributed by atoms with van der Waals surface area (Å²) in [5, 5.41) is 13.3.